The Bertz CT molecular complexity index is 1590. The Morgan fingerprint density at radius 1 is 1.20 bits per heavy atom. The first-order valence-corrected chi connectivity index (χ1v) is 13.3. The van der Waals surface area contributed by atoms with Crippen LogP contribution in [0.5, 0.6) is 0 Å². The molecule has 0 aliphatic carbocycles. The molecule has 206 valence electrons. The van der Waals surface area contributed by atoms with Gasteiger partial charge in [-0.25, -0.2) is 9.37 Å². The number of carbonyl (C=O) groups is 2. The van der Waals surface area contributed by atoms with Crippen LogP contribution in [-0.4, -0.2) is 51.0 Å². The van der Waals surface area contributed by atoms with E-state index in [0.29, 0.717) is 41.2 Å². The third-order valence-corrected chi connectivity index (χ3v) is 7.27. The van der Waals surface area contributed by atoms with Crippen LogP contribution in [0.1, 0.15) is 48.7 Å². The minimum Gasteiger partial charge on any atom is -0.363 e. The fourth-order valence-corrected chi connectivity index (χ4v) is 4.96. The van der Waals surface area contributed by atoms with Gasteiger partial charge in [0, 0.05) is 43.0 Å². The number of likely N-dealkylation sites (tertiary alicyclic amines) is 1. The van der Waals surface area contributed by atoms with E-state index in [1.165, 1.54) is 12.1 Å². The maximum Gasteiger partial charge on any atom is 0.251 e. The molecular weight excluding hydrogens is 507 g/mol. The Morgan fingerprint density at radius 2 is 2.02 bits per heavy atom. The largest absolute Gasteiger partial charge is 0.363 e. The molecule has 5 rings (SSSR count). The molecule has 0 bridgehead atoms. The number of carbonyl (C=O) groups excluding carboxylic acids is 2. The highest BCUT2D eigenvalue weighted by Crippen LogP contribution is 2.33. The summed E-state index contributed by atoms with van der Waals surface area (Å²) in [6.45, 7) is 11.1. The number of pyridine rings is 1. The molecular formula is C31H33FN6O2. The number of H-pyrrole nitrogens is 1. The van der Waals surface area contributed by atoms with Crippen molar-refractivity contribution in [3.63, 3.8) is 0 Å². The van der Waals surface area contributed by atoms with Crippen LogP contribution in [0.2, 0.25) is 0 Å². The molecule has 1 saturated heterocycles. The number of aromatic nitrogens is 3. The number of nitrogens with zero attached hydrogens (tertiary/aromatic N) is 3. The zero-order chi connectivity index (χ0) is 28.4. The second-order valence-electron chi connectivity index (χ2n) is 11.1. The Labute approximate surface area is 232 Å². The maximum absolute atomic E-state index is 15.3. The van der Waals surface area contributed by atoms with Crippen LogP contribution in [0.25, 0.3) is 22.2 Å². The smallest absolute Gasteiger partial charge is 0.251 e. The van der Waals surface area contributed by atoms with E-state index in [1.54, 1.807) is 23.2 Å². The van der Waals surface area contributed by atoms with E-state index in [9.17, 15) is 9.59 Å². The minimum atomic E-state index is -0.418. The molecule has 1 aliphatic rings. The summed E-state index contributed by atoms with van der Waals surface area (Å²) in [6, 6.07) is 14.3. The van der Waals surface area contributed by atoms with Gasteiger partial charge in [0.15, 0.2) is 11.5 Å². The van der Waals surface area contributed by atoms with E-state index >= 15 is 4.39 Å². The number of hydrogen-bond acceptors (Lipinski definition) is 5. The summed E-state index contributed by atoms with van der Waals surface area (Å²) in [4.78, 5) is 30.9. The highest BCUT2D eigenvalue weighted by Gasteiger charge is 2.26. The summed E-state index contributed by atoms with van der Waals surface area (Å²) in [5, 5.41) is 14.4. The van der Waals surface area contributed by atoms with Crippen molar-refractivity contribution in [3.05, 3.63) is 89.9 Å². The van der Waals surface area contributed by atoms with Crippen molar-refractivity contribution in [3.8, 4) is 11.1 Å². The molecule has 4 aromatic rings. The van der Waals surface area contributed by atoms with Crippen LogP contribution in [0.15, 0.2) is 67.4 Å². The summed E-state index contributed by atoms with van der Waals surface area (Å²) in [6.07, 6.45) is 3.75. The zero-order valence-corrected chi connectivity index (χ0v) is 22.9. The van der Waals surface area contributed by atoms with Crippen molar-refractivity contribution >= 4 is 28.7 Å². The quantitative estimate of drug-likeness (QED) is 0.280. The normalized spacial score (nSPS) is 15.3. The van der Waals surface area contributed by atoms with Crippen LogP contribution in [-0.2, 0) is 16.8 Å². The molecule has 3 N–H and O–H groups in total. The molecule has 2 amide bonds. The first-order chi connectivity index (χ1) is 19.1. The molecule has 0 saturated carbocycles. The molecule has 0 unspecified atom stereocenters. The van der Waals surface area contributed by atoms with Gasteiger partial charge in [-0.1, -0.05) is 51.6 Å². The maximum atomic E-state index is 15.3. The summed E-state index contributed by atoms with van der Waals surface area (Å²) in [5.74, 6) is -0.160. The number of benzene rings is 2. The standard InChI is InChI=1S/C31H33FN6O2/c1-5-26(39)38-14-12-23(18-38)35-29-27-24(11-13-33-28(27)36-37-29)19-9-10-21(25(32)16-19)17-34-30(40)20-7-6-8-22(15-20)31(2,3)4/h5-11,13,15-16,23H,1,12,14,17-18H2,2-4H3,(H,34,40)(H2,33,35,36,37)/t23-/m1/s1. The Kier molecular flexibility index (Phi) is 7.38. The van der Waals surface area contributed by atoms with Gasteiger partial charge in [0.05, 0.1) is 5.39 Å². The number of amides is 2. The lowest BCUT2D eigenvalue weighted by molar-refractivity contribution is -0.125. The molecule has 2 aromatic heterocycles. The summed E-state index contributed by atoms with van der Waals surface area (Å²) in [5.41, 5.74) is 3.92. The Hall–Kier alpha value is -4.53. The van der Waals surface area contributed by atoms with E-state index in [-0.39, 0.29) is 29.8 Å². The highest BCUT2D eigenvalue weighted by molar-refractivity contribution is 6.00. The first-order valence-electron chi connectivity index (χ1n) is 13.3. The zero-order valence-electron chi connectivity index (χ0n) is 22.9. The van der Waals surface area contributed by atoms with Crippen LogP contribution in [0, 0.1) is 5.82 Å². The van der Waals surface area contributed by atoms with Gasteiger partial charge < -0.3 is 15.5 Å². The van der Waals surface area contributed by atoms with Crippen molar-refractivity contribution in [1.82, 2.24) is 25.4 Å². The van der Waals surface area contributed by atoms with Gasteiger partial charge in [-0.2, -0.15) is 5.10 Å². The van der Waals surface area contributed by atoms with E-state index in [1.807, 2.05) is 30.3 Å². The monoisotopic (exact) mass is 540 g/mol. The molecule has 40 heavy (non-hydrogen) atoms. The van der Waals surface area contributed by atoms with Gasteiger partial charge in [-0.15, -0.1) is 0 Å². The van der Waals surface area contributed by atoms with Crippen LogP contribution < -0.4 is 10.6 Å². The van der Waals surface area contributed by atoms with Gasteiger partial charge in [-0.3, -0.25) is 14.7 Å². The average molecular weight is 541 g/mol. The molecule has 2 aromatic carbocycles. The number of nitrogens with one attached hydrogen (secondary N) is 3. The van der Waals surface area contributed by atoms with Gasteiger partial charge in [0.25, 0.3) is 5.91 Å². The highest BCUT2D eigenvalue weighted by atomic mass is 19.1. The van der Waals surface area contributed by atoms with Crippen LogP contribution >= 0.6 is 0 Å². The second-order valence-corrected chi connectivity index (χ2v) is 11.1. The SMILES string of the molecule is C=CC(=O)N1CC[C@@H](Nc2n[nH]c3nccc(-c4ccc(CNC(=O)c5cccc(C(C)(C)C)c5)c(F)c4)c23)C1. The second kappa shape index (κ2) is 10.9. The molecule has 3 heterocycles. The van der Waals surface area contributed by atoms with E-state index in [0.717, 1.165) is 22.9 Å². The topological polar surface area (TPSA) is 103 Å². The third kappa shape index (κ3) is 5.59. The lowest BCUT2D eigenvalue weighted by atomic mass is 9.86. The van der Waals surface area contributed by atoms with Crippen molar-refractivity contribution in [2.45, 2.75) is 45.2 Å². The van der Waals surface area contributed by atoms with Crippen molar-refractivity contribution in [2.75, 3.05) is 18.4 Å². The van der Waals surface area contributed by atoms with Gasteiger partial charge >= 0.3 is 0 Å². The predicted molar refractivity (Wildman–Crippen MR) is 154 cm³/mol. The summed E-state index contributed by atoms with van der Waals surface area (Å²) < 4.78 is 15.3. The lowest BCUT2D eigenvalue weighted by Crippen LogP contribution is -2.30. The lowest BCUT2D eigenvalue weighted by Gasteiger charge is -2.19. The molecule has 1 aliphatic heterocycles. The fourth-order valence-electron chi connectivity index (χ4n) is 4.96. The number of hydrogen-bond donors (Lipinski definition) is 3. The molecule has 1 fully saturated rings. The first kappa shape index (κ1) is 27.1. The predicted octanol–water partition coefficient (Wildman–Crippen LogP) is 5.19. The molecule has 8 nitrogen and oxygen atoms in total. The van der Waals surface area contributed by atoms with Gasteiger partial charge in [-0.05, 0) is 58.9 Å². The fraction of sp³-hybridized carbons (Fsp3) is 0.290. The number of anilines is 1. The van der Waals surface area contributed by atoms with Gasteiger partial charge in [0.1, 0.15) is 5.82 Å². The average Bonchev–Trinajstić information content (AvgIpc) is 3.59. The van der Waals surface area contributed by atoms with Crippen molar-refractivity contribution < 1.29 is 14.0 Å². The van der Waals surface area contributed by atoms with Crippen molar-refractivity contribution in [2.24, 2.45) is 0 Å². The third-order valence-electron chi connectivity index (χ3n) is 7.27. The summed E-state index contributed by atoms with van der Waals surface area (Å²) in [7, 11) is 0. The van der Waals surface area contributed by atoms with E-state index in [2.05, 4.69) is 53.2 Å². The van der Waals surface area contributed by atoms with Crippen molar-refractivity contribution in [1.29, 1.82) is 0 Å². The van der Waals surface area contributed by atoms with E-state index < -0.39 is 5.82 Å². The number of rotatable bonds is 7. The number of fused-ring (bicyclic) bond motifs is 1. The summed E-state index contributed by atoms with van der Waals surface area (Å²) >= 11 is 0. The van der Waals surface area contributed by atoms with Gasteiger partial charge in [0.2, 0.25) is 5.91 Å². The molecule has 9 heteroatoms. The van der Waals surface area contributed by atoms with Crippen LogP contribution in [0.4, 0.5) is 10.2 Å². The van der Waals surface area contributed by atoms with E-state index in [4.69, 9.17) is 0 Å². The molecule has 0 radical (unpaired) electrons. The number of aromatic amines is 1. The Morgan fingerprint density at radius 3 is 2.77 bits per heavy atom. The van der Waals surface area contributed by atoms with Crippen LogP contribution in [0.3, 0.4) is 0 Å². The molecule has 1 atom stereocenters. The Balaban J connectivity index is 1.33. The number of halogens is 1. The minimum absolute atomic E-state index is 0.0234. The molecule has 0 spiro atoms.